The topological polar surface area (TPSA) is 58.5 Å². The van der Waals surface area contributed by atoms with Crippen LogP contribution in [0.4, 0.5) is 0 Å². The van der Waals surface area contributed by atoms with E-state index in [0.29, 0.717) is 0 Å². The number of hydrogen-bond donors (Lipinski definition) is 0. The van der Waals surface area contributed by atoms with Gasteiger partial charge in [0, 0.05) is 0 Å². The maximum atomic E-state index is 6.71. The van der Waals surface area contributed by atoms with Gasteiger partial charge in [-0.1, -0.05) is 5.16 Å². The second-order valence-corrected chi connectivity index (χ2v) is 29.3. The molecule has 0 bridgehead atoms. The first-order valence-corrected chi connectivity index (χ1v) is 24.2. The summed E-state index contributed by atoms with van der Waals surface area (Å²) in [5.74, 6) is 0. The second-order valence-electron chi connectivity index (χ2n) is 11.5. The summed E-state index contributed by atoms with van der Waals surface area (Å²) in [4.78, 5) is 4.99. The molecule has 6 nitrogen and oxygen atoms in total. The van der Waals surface area contributed by atoms with Gasteiger partial charge in [-0.15, -0.1) is 0 Å². The normalized spacial score (nSPS) is 18.6. The van der Waals surface area contributed by atoms with Gasteiger partial charge in [0.1, 0.15) is 19.3 Å². The van der Waals surface area contributed by atoms with E-state index in [1.54, 1.807) is 13.3 Å². The highest BCUT2D eigenvalue weighted by molar-refractivity contribution is 6.71. The van der Waals surface area contributed by atoms with Crippen molar-refractivity contribution in [1.82, 2.24) is 0 Å². The van der Waals surface area contributed by atoms with Gasteiger partial charge in [-0.05, 0) is 85.5 Å². The molecule has 0 spiro atoms. The van der Waals surface area contributed by atoms with Crippen molar-refractivity contribution in [3.63, 3.8) is 0 Å². The van der Waals surface area contributed by atoms with Gasteiger partial charge < -0.3 is 22.5 Å². The van der Waals surface area contributed by atoms with Crippen LogP contribution in [0, 0.1) is 0 Å². The Morgan fingerprint density at radius 3 is 1.31 bits per heavy atom. The molecule has 0 amide bonds. The first-order chi connectivity index (χ1) is 12.7. The maximum absolute atomic E-state index is 6.71. The number of oxime groups is 1. The zero-order valence-electron chi connectivity index (χ0n) is 21.4. The number of rotatable bonds is 13. The highest BCUT2D eigenvalue weighted by Crippen LogP contribution is 2.27. The van der Waals surface area contributed by atoms with Crippen LogP contribution in [0.15, 0.2) is 5.16 Å². The number of nitrogens with zero attached hydrogens (tertiary/aromatic N) is 1. The lowest BCUT2D eigenvalue weighted by atomic mass is 10.1. The van der Waals surface area contributed by atoms with Crippen molar-refractivity contribution in [2.24, 2.45) is 5.16 Å². The Morgan fingerprint density at radius 2 is 0.966 bits per heavy atom. The van der Waals surface area contributed by atoms with Crippen LogP contribution < -0.4 is 0 Å². The number of hydrogen-bond acceptors (Lipinski definition) is 6. The van der Waals surface area contributed by atoms with Crippen molar-refractivity contribution in [3.8, 4) is 0 Å². The fourth-order valence-electron chi connectivity index (χ4n) is 2.90. The van der Waals surface area contributed by atoms with Gasteiger partial charge in [0.05, 0.1) is 18.4 Å². The van der Waals surface area contributed by atoms with Crippen molar-refractivity contribution < 1.29 is 22.5 Å². The first kappa shape index (κ1) is 29.2. The molecule has 0 N–H and O–H groups in total. The lowest BCUT2D eigenvalue weighted by Gasteiger charge is -2.43. The third kappa shape index (κ3) is 14.8. The largest absolute Gasteiger partial charge is 0.412 e. The Bertz CT molecular complexity index is 507. The molecule has 0 saturated carbocycles. The molecule has 0 aliphatic carbocycles. The van der Waals surface area contributed by atoms with E-state index in [1.165, 1.54) is 0 Å². The average molecular weight is 482 g/mol. The van der Waals surface area contributed by atoms with Gasteiger partial charge in [0.2, 0.25) is 0 Å². The van der Waals surface area contributed by atoms with E-state index in [0.717, 1.165) is 0 Å². The molecule has 174 valence electrons. The Balaban J connectivity index is 6.26. The zero-order valence-corrected chi connectivity index (χ0v) is 25.4. The highest BCUT2D eigenvalue weighted by Gasteiger charge is 2.42. The van der Waals surface area contributed by atoms with E-state index in [2.05, 4.69) is 90.6 Å². The maximum Gasteiger partial charge on any atom is 0.184 e. The second kappa shape index (κ2) is 11.2. The molecule has 0 saturated heterocycles. The lowest BCUT2D eigenvalue weighted by Crippen LogP contribution is -2.58. The summed E-state index contributed by atoms with van der Waals surface area (Å²) in [6, 6.07) is 0. The van der Waals surface area contributed by atoms with Crippen LogP contribution in [0.1, 0.15) is 6.92 Å². The zero-order chi connectivity index (χ0) is 23.3. The van der Waals surface area contributed by atoms with Crippen LogP contribution in [-0.4, -0.2) is 71.0 Å². The predicted molar refractivity (Wildman–Crippen MR) is 134 cm³/mol. The molecule has 0 fully saturated rings. The van der Waals surface area contributed by atoms with Crippen molar-refractivity contribution in [3.05, 3.63) is 0 Å². The molecular formula is C19H47NO5Si4. The third-order valence-corrected chi connectivity index (χ3v) is 7.45. The summed E-state index contributed by atoms with van der Waals surface area (Å²) < 4.78 is 26.4. The Morgan fingerprint density at radius 1 is 0.586 bits per heavy atom. The van der Waals surface area contributed by atoms with E-state index in [-0.39, 0.29) is 24.4 Å². The van der Waals surface area contributed by atoms with Gasteiger partial charge in [0.15, 0.2) is 33.3 Å². The van der Waals surface area contributed by atoms with Gasteiger partial charge in [-0.25, -0.2) is 0 Å². The fourth-order valence-corrected chi connectivity index (χ4v) is 7.39. The summed E-state index contributed by atoms with van der Waals surface area (Å²) >= 11 is 0. The average Bonchev–Trinajstić information content (AvgIpc) is 2.42. The van der Waals surface area contributed by atoms with Gasteiger partial charge in [-0.3, -0.25) is 0 Å². The molecule has 0 rings (SSSR count). The third-order valence-electron chi connectivity index (χ3n) is 3.43. The van der Waals surface area contributed by atoms with Crippen molar-refractivity contribution in [2.75, 3.05) is 7.11 Å². The minimum absolute atomic E-state index is 0.113. The van der Waals surface area contributed by atoms with Crippen LogP contribution >= 0.6 is 0 Å². The van der Waals surface area contributed by atoms with Gasteiger partial charge in [-0.2, -0.15) is 0 Å². The quantitative estimate of drug-likeness (QED) is 0.197. The molecule has 29 heavy (non-hydrogen) atoms. The highest BCUT2D eigenvalue weighted by atomic mass is 28.4. The SMILES string of the molecule is CO/N=C/[C@H](O[Si](C)(C)C)[C@H](O[Si](C)(C)C)[C@@H](O[Si](C)(C)C)[C@H](C)O[Si](C)(C)C. The molecule has 4 atom stereocenters. The van der Waals surface area contributed by atoms with Crippen LogP contribution in [0.3, 0.4) is 0 Å². The predicted octanol–water partition coefficient (Wildman–Crippen LogP) is 5.52. The summed E-state index contributed by atoms with van der Waals surface area (Å²) in [6.45, 7) is 28.4. The minimum atomic E-state index is -1.92. The van der Waals surface area contributed by atoms with E-state index < -0.39 is 33.3 Å². The smallest absolute Gasteiger partial charge is 0.184 e. The molecule has 0 radical (unpaired) electrons. The Hall–Kier alpha value is 0.178. The van der Waals surface area contributed by atoms with E-state index >= 15 is 0 Å². The molecular weight excluding hydrogens is 435 g/mol. The summed E-state index contributed by atoms with van der Waals surface area (Å²) in [7, 11) is -5.90. The Kier molecular flexibility index (Phi) is 11.2. The van der Waals surface area contributed by atoms with Gasteiger partial charge in [0.25, 0.3) is 0 Å². The van der Waals surface area contributed by atoms with E-state index in [9.17, 15) is 0 Å². The van der Waals surface area contributed by atoms with Crippen LogP contribution in [0.25, 0.3) is 0 Å². The van der Waals surface area contributed by atoms with Crippen molar-refractivity contribution >= 4 is 39.5 Å². The van der Waals surface area contributed by atoms with E-state index in [1.807, 2.05) is 0 Å². The standard InChI is InChI=1S/C19H47NO5Si4/c1-16(22-26(3,4)5)18(24-28(9,10)11)19(25-29(12,13)14)17(15-20-21-2)23-27(6,7)8/h15-19H,1-14H3/b20-15+/t16-,17-,18-,19-/m0/s1. The fraction of sp³-hybridized carbons (Fsp3) is 0.947. The minimum Gasteiger partial charge on any atom is -0.412 e. The van der Waals surface area contributed by atoms with Crippen LogP contribution in [0.2, 0.25) is 78.6 Å². The lowest BCUT2D eigenvalue weighted by molar-refractivity contribution is -0.0560. The molecule has 0 unspecified atom stereocenters. The first-order valence-electron chi connectivity index (χ1n) is 10.5. The van der Waals surface area contributed by atoms with Crippen molar-refractivity contribution in [1.29, 1.82) is 0 Å². The molecule has 0 aromatic heterocycles. The molecule has 0 aromatic carbocycles. The van der Waals surface area contributed by atoms with Gasteiger partial charge >= 0.3 is 0 Å². The summed E-state index contributed by atoms with van der Waals surface area (Å²) in [5.41, 5.74) is 0. The van der Waals surface area contributed by atoms with Crippen molar-refractivity contribution in [2.45, 2.75) is 110 Å². The summed E-state index contributed by atoms with van der Waals surface area (Å²) in [6.07, 6.45) is 0.696. The molecule has 0 aliphatic heterocycles. The Labute approximate surface area is 184 Å². The monoisotopic (exact) mass is 481 g/mol. The van der Waals surface area contributed by atoms with E-state index in [4.69, 9.17) is 22.5 Å². The molecule has 0 heterocycles. The molecule has 10 heteroatoms. The summed E-state index contributed by atoms with van der Waals surface area (Å²) in [5, 5.41) is 4.05. The molecule has 0 aliphatic rings. The van der Waals surface area contributed by atoms with Crippen LogP contribution in [-0.2, 0) is 22.5 Å². The van der Waals surface area contributed by atoms with Crippen LogP contribution in [0.5, 0.6) is 0 Å². The molecule has 0 aromatic rings.